The van der Waals surface area contributed by atoms with Crippen molar-refractivity contribution < 1.29 is 14.3 Å². The van der Waals surface area contributed by atoms with E-state index in [1.165, 1.54) is 39.8 Å². The van der Waals surface area contributed by atoms with Crippen LogP contribution in [0.4, 0.5) is 5.69 Å². The Morgan fingerprint density at radius 3 is 2.62 bits per heavy atom. The highest BCUT2D eigenvalue weighted by Gasteiger charge is 2.61. The number of carbonyl (C=O) groups is 1. The van der Waals surface area contributed by atoms with Crippen LogP contribution in [0, 0.1) is 5.92 Å². The van der Waals surface area contributed by atoms with E-state index in [1.54, 1.807) is 14.2 Å². The maximum Gasteiger partial charge on any atom is 0.223 e. The summed E-state index contributed by atoms with van der Waals surface area (Å²) in [7, 11) is 3.48. The van der Waals surface area contributed by atoms with Gasteiger partial charge in [-0.3, -0.25) is 4.79 Å². The molecule has 3 heterocycles. The smallest absolute Gasteiger partial charge is 0.223 e. The van der Waals surface area contributed by atoms with Crippen LogP contribution in [0.5, 0.6) is 11.5 Å². The van der Waals surface area contributed by atoms with E-state index < -0.39 is 0 Å². The first-order valence-corrected chi connectivity index (χ1v) is 12.6. The number of hydrogen-bond acceptors (Lipinski definition) is 4. The van der Waals surface area contributed by atoms with E-state index in [-0.39, 0.29) is 17.5 Å². The van der Waals surface area contributed by atoms with Gasteiger partial charge in [0.1, 0.15) is 17.2 Å². The highest BCUT2D eigenvalue weighted by molar-refractivity contribution is 5.89. The Kier molecular flexibility index (Phi) is 4.27. The van der Waals surface area contributed by atoms with Gasteiger partial charge in [0.05, 0.1) is 19.7 Å². The maximum absolute atomic E-state index is 12.3. The lowest BCUT2D eigenvalue weighted by Gasteiger charge is -2.55. The van der Waals surface area contributed by atoms with Gasteiger partial charge in [0, 0.05) is 48.1 Å². The molecule has 1 aromatic heterocycles. The molecule has 2 saturated carbocycles. The van der Waals surface area contributed by atoms with Gasteiger partial charge in [0.15, 0.2) is 0 Å². The van der Waals surface area contributed by atoms with Crippen molar-refractivity contribution in [3.8, 4) is 11.5 Å². The largest absolute Gasteiger partial charge is 0.497 e. The minimum atomic E-state index is -0.0371. The number of aromatic nitrogens is 1. The minimum Gasteiger partial charge on any atom is -0.497 e. The molecule has 0 bridgehead atoms. The fraction of sp³-hybridized carbons (Fsp3) is 0.464. The van der Waals surface area contributed by atoms with Crippen molar-refractivity contribution in [2.75, 3.05) is 32.2 Å². The van der Waals surface area contributed by atoms with Gasteiger partial charge < -0.3 is 24.3 Å². The lowest BCUT2D eigenvalue weighted by molar-refractivity contribution is -0.122. The van der Waals surface area contributed by atoms with E-state index in [4.69, 9.17) is 9.47 Å². The van der Waals surface area contributed by atoms with Gasteiger partial charge in [-0.1, -0.05) is 0 Å². The van der Waals surface area contributed by atoms with Gasteiger partial charge >= 0.3 is 0 Å². The molecule has 2 unspecified atom stereocenters. The van der Waals surface area contributed by atoms with Crippen LogP contribution in [0.25, 0.3) is 10.9 Å². The number of fused-ring (bicyclic) bond motifs is 6. The molecule has 1 N–H and O–H groups in total. The fourth-order valence-corrected chi connectivity index (χ4v) is 6.89. The number of nitrogens with zero attached hydrogens (tertiary/aromatic N) is 2. The summed E-state index contributed by atoms with van der Waals surface area (Å²) in [5, 5.41) is 4.45. The van der Waals surface area contributed by atoms with Crippen molar-refractivity contribution in [2.24, 2.45) is 5.92 Å². The molecule has 2 aliphatic heterocycles. The summed E-state index contributed by atoms with van der Waals surface area (Å²) in [6.07, 6.45) is 6.28. The second kappa shape index (κ2) is 7.17. The molecule has 2 aromatic carbocycles. The van der Waals surface area contributed by atoms with Gasteiger partial charge in [-0.2, -0.15) is 0 Å². The number of methoxy groups -OCH3 is 2. The van der Waals surface area contributed by atoms with Crippen LogP contribution in [-0.2, 0) is 23.3 Å². The van der Waals surface area contributed by atoms with Gasteiger partial charge in [-0.25, -0.2) is 0 Å². The van der Waals surface area contributed by atoms with Crippen LogP contribution < -0.4 is 19.7 Å². The molecule has 6 heteroatoms. The number of rotatable bonds is 6. The van der Waals surface area contributed by atoms with E-state index in [0.29, 0.717) is 12.5 Å². The summed E-state index contributed by atoms with van der Waals surface area (Å²) < 4.78 is 13.8. The molecule has 2 aliphatic carbocycles. The van der Waals surface area contributed by atoms with Crippen molar-refractivity contribution >= 4 is 22.5 Å². The standard InChI is InChI=1S/C28H31N3O3/c1-33-18-6-8-25-21(15-18)20(10-13-29-27(32)17-3-4-17)26-11-14-30-24-7-5-19(34-2)16-22(24)23-9-12-28(23,30)31(25)26/h5-8,15-17,23H,3-4,9-14H2,1-2H3,(H,29,32). The predicted molar refractivity (Wildman–Crippen MR) is 132 cm³/mol. The van der Waals surface area contributed by atoms with Crippen molar-refractivity contribution in [1.29, 1.82) is 0 Å². The number of anilines is 1. The zero-order chi connectivity index (χ0) is 23.0. The summed E-state index contributed by atoms with van der Waals surface area (Å²) in [4.78, 5) is 14.9. The molecule has 3 aromatic rings. The van der Waals surface area contributed by atoms with Crippen LogP contribution in [-0.4, -0.2) is 37.8 Å². The minimum absolute atomic E-state index is 0.0371. The Bertz CT molecular complexity index is 1320. The molecule has 1 amide bonds. The Hall–Kier alpha value is -3.15. The van der Waals surface area contributed by atoms with Crippen molar-refractivity contribution in [3.05, 3.63) is 53.2 Å². The van der Waals surface area contributed by atoms with Crippen LogP contribution in [0.1, 0.15) is 48.4 Å². The zero-order valence-corrected chi connectivity index (χ0v) is 19.9. The molecule has 34 heavy (non-hydrogen) atoms. The van der Waals surface area contributed by atoms with E-state index in [0.717, 1.165) is 50.1 Å². The van der Waals surface area contributed by atoms with Crippen molar-refractivity contribution in [2.45, 2.75) is 50.1 Å². The Morgan fingerprint density at radius 1 is 1.09 bits per heavy atom. The van der Waals surface area contributed by atoms with Crippen LogP contribution >= 0.6 is 0 Å². The van der Waals surface area contributed by atoms with Gasteiger partial charge in [-0.15, -0.1) is 0 Å². The summed E-state index contributed by atoms with van der Waals surface area (Å²) in [5.41, 5.74) is 6.84. The number of amides is 1. The Balaban J connectivity index is 1.34. The van der Waals surface area contributed by atoms with Crippen LogP contribution in [0.2, 0.25) is 0 Å². The second-order valence-corrected chi connectivity index (χ2v) is 10.3. The topological polar surface area (TPSA) is 55.7 Å². The van der Waals surface area contributed by atoms with E-state index in [9.17, 15) is 4.79 Å². The molecule has 0 saturated heterocycles. The van der Waals surface area contributed by atoms with Crippen LogP contribution in [0.15, 0.2) is 36.4 Å². The van der Waals surface area contributed by atoms with Crippen molar-refractivity contribution in [3.63, 3.8) is 0 Å². The highest BCUT2D eigenvalue weighted by Crippen LogP contribution is 2.64. The number of ether oxygens (including phenoxy) is 2. The number of hydrogen-bond donors (Lipinski definition) is 1. The maximum atomic E-state index is 12.3. The first kappa shape index (κ1) is 20.2. The number of nitrogens with one attached hydrogen (secondary N) is 1. The first-order valence-electron chi connectivity index (χ1n) is 12.6. The third kappa shape index (κ3) is 2.60. The molecule has 2 fully saturated rings. The SMILES string of the molecule is COc1ccc2c(c1)C1CCC13N2CCc1c(CCNC(=O)C2CC2)c2cc(OC)ccc2n13. The lowest BCUT2D eigenvalue weighted by Crippen LogP contribution is -2.60. The molecule has 1 spiro atoms. The molecular weight excluding hydrogens is 426 g/mol. The normalized spacial score (nSPS) is 24.1. The lowest BCUT2D eigenvalue weighted by atomic mass is 9.70. The quantitative estimate of drug-likeness (QED) is 0.599. The monoisotopic (exact) mass is 457 g/mol. The molecular formula is C28H31N3O3. The molecule has 2 atom stereocenters. The third-order valence-electron chi connectivity index (χ3n) is 8.70. The van der Waals surface area contributed by atoms with E-state index in [2.05, 4.69) is 51.2 Å². The fourth-order valence-electron chi connectivity index (χ4n) is 6.89. The summed E-state index contributed by atoms with van der Waals surface area (Å²) in [6, 6.07) is 13.1. The van der Waals surface area contributed by atoms with Crippen LogP contribution in [0.3, 0.4) is 0 Å². The number of carbonyl (C=O) groups excluding carboxylic acids is 1. The number of benzene rings is 2. The molecule has 4 aliphatic rings. The zero-order valence-electron chi connectivity index (χ0n) is 19.9. The van der Waals surface area contributed by atoms with Gasteiger partial charge in [0.25, 0.3) is 0 Å². The summed E-state index contributed by atoms with van der Waals surface area (Å²) in [5.74, 6) is 2.76. The summed E-state index contributed by atoms with van der Waals surface area (Å²) in [6.45, 7) is 1.71. The highest BCUT2D eigenvalue weighted by atomic mass is 16.5. The van der Waals surface area contributed by atoms with E-state index in [1.807, 2.05) is 0 Å². The van der Waals surface area contributed by atoms with Crippen molar-refractivity contribution in [1.82, 2.24) is 9.88 Å². The third-order valence-corrected chi connectivity index (χ3v) is 8.70. The summed E-state index contributed by atoms with van der Waals surface area (Å²) >= 11 is 0. The Morgan fingerprint density at radius 2 is 1.88 bits per heavy atom. The molecule has 7 rings (SSSR count). The Labute approximate surface area is 199 Å². The first-order chi connectivity index (χ1) is 16.7. The average molecular weight is 458 g/mol. The van der Waals surface area contributed by atoms with E-state index >= 15 is 0 Å². The molecule has 6 nitrogen and oxygen atoms in total. The molecule has 176 valence electrons. The second-order valence-electron chi connectivity index (χ2n) is 10.3. The predicted octanol–water partition coefficient (Wildman–Crippen LogP) is 4.33. The van der Waals surface area contributed by atoms with Gasteiger partial charge in [-0.05, 0) is 79.6 Å². The average Bonchev–Trinajstić information content (AvgIpc) is 3.63. The molecule has 0 radical (unpaired) electrons. The van der Waals surface area contributed by atoms with Gasteiger partial charge in [0.2, 0.25) is 5.91 Å².